The first kappa shape index (κ1) is 13.8. The first-order chi connectivity index (χ1) is 9.10. The van der Waals surface area contributed by atoms with Crippen LogP contribution in [-0.2, 0) is 5.75 Å². The number of nitrogens with two attached hydrogens (primary N) is 2. The Balaban J connectivity index is 2.04. The molecule has 5 nitrogen and oxygen atoms in total. The molecule has 5 N–H and O–H groups in total. The number of halogens is 1. The van der Waals surface area contributed by atoms with Crippen molar-refractivity contribution in [3.63, 3.8) is 0 Å². The molecule has 0 saturated heterocycles. The first-order valence-electron chi connectivity index (χ1n) is 5.36. The summed E-state index contributed by atoms with van der Waals surface area (Å²) < 4.78 is 5.27. The van der Waals surface area contributed by atoms with Crippen LogP contribution in [0.3, 0.4) is 0 Å². The Morgan fingerprint density at radius 1 is 1.42 bits per heavy atom. The molecule has 0 radical (unpaired) electrons. The first-order valence-corrected chi connectivity index (χ1v) is 6.72. The molecule has 2 rings (SSSR count). The van der Waals surface area contributed by atoms with E-state index in [4.69, 9.17) is 27.6 Å². The van der Waals surface area contributed by atoms with Crippen molar-refractivity contribution in [3.05, 3.63) is 46.9 Å². The van der Waals surface area contributed by atoms with Gasteiger partial charge in [0.25, 0.3) is 5.91 Å². The molecular weight excluding hydrogens is 286 g/mol. The number of thioether (sulfide) groups is 1. The number of nitrogen functional groups attached to an aromatic ring is 2. The summed E-state index contributed by atoms with van der Waals surface area (Å²) in [5, 5.41) is 0.624. The maximum absolute atomic E-state index is 11.3. The molecule has 0 saturated carbocycles. The Morgan fingerprint density at radius 2 is 2.21 bits per heavy atom. The third-order valence-electron chi connectivity index (χ3n) is 2.39. The van der Waals surface area contributed by atoms with Crippen LogP contribution < -0.4 is 17.0 Å². The zero-order valence-corrected chi connectivity index (χ0v) is 11.4. The van der Waals surface area contributed by atoms with Gasteiger partial charge in [-0.1, -0.05) is 11.6 Å². The molecule has 0 spiro atoms. The predicted octanol–water partition coefficient (Wildman–Crippen LogP) is 2.41. The van der Waals surface area contributed by atoms with Crippen molar-refractivity contribution in [1.82, 2.24) is 5.43 Å². The van der Waals surface area contributed by atoms with Crippen LogP contribution in [0.25, 0.3) is 0 Å². The summed E-state index contributed by atoms with van der Waals surface area (Å²) in [5.41, 5.74) is 8.92. The number of furan rings is 1. The van der Waals surface area contributed by atoms with Gasteiger partial charge >= 0.3 is 0 Å². The van der Waals surface area contributed by atoms with Crippen molar-refractivity contribution in [3.8, 4) is 0 Å². The SMILES string of the molecule is NNC(=O)c1coc(CSc2cc(Cl)ccc2N)c1. The molecule has 2 aromatic rings. The minimum absolute atomic E-state index is 0.386. The van der Waals surface area contributed by atoms with Gasteiger partial charge in [0.05, 0.1) is 11.3 Å². The van der Waals surface area contributed by atoms with E-state index < -0.39 is 0 Å². The number of amides is 1. The van der Waals surface area contributed by atoms with Crippen LogP contribution in [0.15, 0.2) is 39.8 Å². The van der Waals surface area contributed by atoms with E-state index in [1.54, 1.807) is 24.3 Å². The summed E-state index contributed by atoms with van der Waals surface area (Å²) in [6.45, 7) is 0. The maximum atomic E-state index is 11.3. The third kappa shape index (κ3) is 3.44. The van der Waals surface area contributed by atoms with Gasteiger partial charge in [-0.05, 0) is 24.3 Å². The topological polar surface area (TPSA) is 94.3 Å². The second kappa shape index (κ2) is 6.01. The number of hydrazine groups is 1. The molecule has 1 aromatic carbocycles. The van der Waals surface area contributed by atoms with Gasteiger partial charge in [0, 0.05) is 15.6 Å². The Bertz CT molecular complexity index is 600. The molecule has 1 aromatic heterocycles. The number of rotatable bonds is 4. The zero-order valence-electron chi connectivity index (χ0n) is 9.85. The van der Waals surface area contributed by atoms with E-state index in [9.17, 15) is 4.79 Å². The van der Waals surface area contributed by atoms with E-state index in [1.165, 1.54) is 18.0 Å². The summed E-state index contributed by atoms with van der Waals surface area (Å²) in [7, 11) is 0. The molecule has 1 amide bonds. The van der Waals surface area contributed by atoms with Crippen molar-refractivity contribution in [2.45, 2.75) is 10.6 Å². The number of carbonyl (C=O) groups excluding carboxylic acids is 1. The monoisotopic (exact) mass is 297 g/mol. The minimum Gasteiger partial charge on any atom is -0.468 e. The summed E-state index contributed by atoms with van der Waals surface area (Å²) in [6, 6.07) is 6.91. The fourth-order valence-electron chi connectivity index (χ4n) is 1.44. The Kier molecular flexibility index (Phi) is 4.36. The molecule has 0 bridgehead atoms. The normalized spacial score (nSPS) is 10.4. The summed E-state index contributed by atoms with van der Waals surface area (Å²) in [6.07, 6.45) is 1.36. The number of anilines is 1. The lowest BCUT2D eigenvalue weighted by Gasteiger charge is -2.04. The van der Waals surface area contributed by atoms with Crippen molar-refractivity contribution in [2.75, 3.05) is 5.73 Å². The molecular formula is C12H12ClN3O2S. The number of hydrogen-bond donors (Lipinski definition) is 3. The second-order valence-electron chi connectivity index (χ2n) is 3.75. The van der Waals surface area contributed by atoms with Crippen LogP contribution in [0.5, 0.6) is 0 Å². The van der Waals surface area contributed by atoms with Crippen LogP contribution in [0.1, 0.15) is 16.1 Å². The van der Waals surface area contributed by atoms with Crippen molar-refractivity contribution < 1.29 is 9.21 Å². The van der Waals surface area contributed by atoms with Gasteiger partial charge in [0.15, 0.2) is 0 Å². The van der Waals surface area contributed by atoms with Gasteiger partial charge in [0.2, 0.25) is 0 Å². The standard InChI is InChI=1S/C12H12ClN3O2S/c13-8-1-2-10(14)11(4-8)19-6-9-3-7(5-18-9)12(17)16-15/h1-5H,6,14-15H2,(H,16,17). The van der Waals surface area contributed by atoms with Gasteiger partial charge in [-0.3, -0.25) is 10.2 Å². The number of hydrogen-bond acceptors (Lipinski definition) is 5. The molecule has 0 aliphatic carbocycles. The van der Waals surface area contributed by atoms with Crippen LogP contribution in [0.2, 0.25) is 5.02 Å². The molecule has 0 aliphatic rings. The minimum atomic E-state index is -0.387. The molecule has 7 heteroatoms. The molecule has 0 atom stereocenters. The Morgan fingerprint density at radius 3 is 2.95 bits per heavy atom. The highest BCUT2D eigenvalue weighted by Gasteiger charge is 2.09. The van der Waals surface area contributed by atoms with Crippen LogP contribution in [-0.4, -0.2) is 5.91 Å². The smallest absolute Gasteiger partial charge is 0.268 e. The highest BCUT2D eigenvalue weighted by molar-refractivity contribution is 7.98. The Hall–Kier alpha value is -1.63. The number of carbonyl (C=O) groups is 1. The van der Waals surface area contributed by atoms with E-state index in [0.29, 0.717) is 27.8 Å². The van der Waals surface area contributed by atoms with Gasteiger partial charge in [0.1, 0.15) is 12.0 Å². The van der Waals surface area contributed by atoms with Crippen molar-refractivity contribution in [1.29, 1.82) is 0 Å². The fourth-order valence-corrected chi connectivity index (χ4v) is 2.57. The summed E-state index contributed by atoms with van der Waals surface area (Å²) in [4.78, 5) is 12.1. The average molecular weight is 298 g/mol. The highest BCUT2D eigenvalue weighted by Crippen LogP contribution is 2.30. The van der Waals surface area contributed by atoms with E-state index in [0.717, 1.165) is 4.90 Å². The van der Waals surface area contributed by atoms with Gasteiger partial charge in [-0.2, -0.15) is 0 Å². The van der Waals surface area contributed by atoms with Crippen LogP contribution in [0, 0.1) is 0 Å². The maximum Gasteiger partial charge on any atom is 0.268 e. The molecule has 100 valence electrons. The fraction of sp³-hybridized carbons (Fsp3) is 0.0833. The number of nitrogens with one attached hydrogen (secondary N) is 1. The van der Waals surface area contributed by atoms with Gasteiger partial charge in [-0.15, -0.1) is 11.8 Å². The van der Waals surface area contributed by atoms with Crippen LogP contribution in [0.4, 0.5) is 5.69 Å². The summed E-state index contributed by atoms with van der Waals surface area (Å²) in [5.74, 6) is 5.85. The van der Waals surface area contributed by atoms with Crippen molar-refractivity contribution in [2.24, 2.45) is 5.84 Å². The average Bonchev–Trinajstić information content (AvgIpc) is 2.88. The van der Waals surface area contributed by atoms with Gasteiger partial charge < -0.3 is 10.2 Å². The third-order valence-corrected chi connectivity index (χ3v) is 3.72. The van der Waals surface area contributed by atoms with Crippen LogP contribution >= 0.6 is 23.4 Å². The molecule has 0 fully saturated rings. The largest absolute Gasteiger partial charge is 0.468 e. The molecule has 1 heterocycles. The lowest BCUT2D eigenvalue weighted by molar-refractivity contribution is 0.0953. The van der Waals surface area contributed by atoms with E-state index in [-0.39, 0.29) is 5.91 Å². The second-order valence-corrected chi connectivity index (χ2v) is 5.20. The van der Waals surface area contributed by atoms with Gasteiger partial charge in [-0.25, -0.2) is 5.84 Å². The zero-order chi connectivity index (χ0) is 13.8. The van der Waals surface area contributed by atoms with E-state index in [2.05, 4.69) is 0 Å². The molecule has 0 unspecified atom stereocenters. The highest BCUT2D eigenvalue weighted by atomic mass is 35.5. The Labute approximate surface area is 119 Å². The van der Waals surface area contributed by atoms with Crippen molar-refractivity contribution >= 4 is 35.0 Å². The quantitative estimate of drug-likeness (QED) is 0.265. The summed E-state index contributed by atoms with van der Waals surface area (Å²) >= 11 is 7.38. The van der Waals surface area contributed by atoms with E-state index >= 15 is 0 Å². The van der Waals surface area contributed by atoms with E-state index in [1.807, 2.05) is 5.43 Å². The molecule has 0 aliphatic heterocycles. The lowest BCUT2D eigenvalue weighted by atomic mass is 10.3. The molecule has 19 heavy (non-hydrogen) atoms. The predicted molar refractivity (Wildman–Crippen MR) is 75.8 cm³/mol. The lowest BCUT2D eigenvalue weighted by Crippen LogP contribution is -2.29. The number of benzene rings is 1.